The fraction of sp³-hybridized carbons (Fsp3) is 0.483. The number of pyridine rings is 1. The largest absolute Gasteiger partial charge is 0.417 e. The quantitative estimate of drug-likeness (QED) is 0.257. The van der Waals surface area contributed by atoms with Crippen molar-refractivity contribution in [3.05, 3.63) is 70.7 Å². The summed E-state index contributed by atoms with van der Waals surface area (Å²) in [7, 11) is 0. The molecule has 0 spiro atoms. The van der Waals surface area contributed by atoms with E-state index >= 15 is 0 Å². The summed E-state index contributed by atoms with van der Waals surface area (Å²) in [6.07, 6.45) is -9.77. The zero-order valence-electron chi connectivity index (χ0n) is 24.0. The van der Waals surface area contributed by atoms with Gasteiger partial charge in [-0.25, -0.2) is 15.0 Å². The standard InChI is InChI=1S/C29H29F9N6O/c1-18-3-2-4-44(18)25-20(11-23(13-39-25)29(36,37)38)17-43(26-40-14-24(15-41-26)42-5-7-45-8-6-42)16-19-9-21(27(30,31)32)12-22(10-19)28(33,34)35/h9-15,18H,2-8,16-17H2,1H3/t18-/m0/s1. The van der Waals surface area contributed by atoms with E-state index in [-0.39, 0.29) is 41.5 Å². The Morgan fingerprint density at radius 1 is 0.756 bits per heavy atom. The molecule has 2 aliphatic rings. The first-order valence-electron chi connectivity index (χ1n) is 14.1. The SMILES string of the molecule is C[C@H]1CCCN1c1ncc(C(F)(F)F)cc1CN(Cc1cc(C(F)(F)F)cc(C(F)(F)F)c1)c1ncc(N2CCOCC2)cn1. The van der Waals surface area contributed by atoms with Crippen LogP contribution in [-0.2, 0) is 36.4 Å². The zero-order valence-corrected chi connectivity index (χ0v) is 24.0. The molecule has 2 aliphatic heterocycles. The highest BCUT2D eigenvalue weighted by molar-refractivity contribution is 5.53. The molecule has 45 heavy (non-hydrogen) atoms. The highest BCUT2D eigenvalue weighted by atomic mass is 19.4. The molecule has 3 aromatic rings. The van der Waals surface area contributed by atoms with Crippen molar-refractivity contribution < 1.29 is 44.3 Å². The minimum Gasteiger partial charge on any atom is -0.378 e. The minimum atomic E-state index is -5.08. The van der Waals surface area contributed by atoms with E-state index in [1.54, 1.807) is 0 Å². The molecule has 2 saturated heterocycles. The van der Waals surface area contributed by atoms with Crippen molar-refractivity contribution in [1.29, 1.82) is 0 Å². The Kier molecular flexibility index (Phi) is 9.06. The van der Waals surface area contributed by atoms with Crippen LogP contribution in [0.2, 0.25) is 0 Å². The van der Waals surface area contributed by atoms with Crippen molar-refractivity contribution in [3.8, 4) is 0 Å². The van der Waals surface area contributed by atoms with E-state index in [1.807, 2.05) is 16.7 Å². The summed E-state index contributed by atoms with van der Waals surface area (Å²) in [5, 5.41) is 0. The topological polar surface area (TPSA) is 57.6 Å². The third kappa shape index (κ3) is 7.71. The fourth-order valence-corrected chi connectivity index (χ4v) is 5.48. The second-order valence-electron chi connectivity index (χ2n) is 11.0. The Morgan fingerprint density at radius 3 is 1.89 bits per heavy atom. The Hall–Kier alpha value is -3.82. The molecule has 0 unspecified atom stereocenters. The van der Waals surface area contributed by atoms with Crippen LogP contribution >= 0.6 is 0 Å². The third-order valence-electron chi connectivity index (χ3n) is 7.76. The van der Waals surface area contributed by atoms with Crippen molar-refractivity contribution in [3.63, 3.8) is 0 Å². The lowest BCUT2D eigenvalue weighted by atomic mass is 10.0. The molecule has 2 aromatic heterocycles. The van der Waals surface area contributed by atoms with Crippen molar-refractivity contribution in [2.45, 2.75) is 57.4 Å². The lowest BCUT2D eigenvalue weighted by molar-refractivity contribution is -0.143. The number of nitrogens with zero attached hydrogens (tertiary/aromatic N) is 6. The van der Waals surface area contributed by atoms with Crippen LogP contribution in [0.4, 0.5) is 57.0 Å². The van der Waals surface area contributed by atoms with E-state index in [9.17, 15) is 39.5 Å². The Morgan fingerprint density at radius 2 is 1.36 bits per heavy atom. The molecule has 0 bridgehead atoms. The molecule has 244 valence electrons. The number of hydrogen-bond acceptors (Lipinski definition) is 7. The van der Waals surface area contributed by atoms with Gasteiger partial charge in [-0.3, -0.25) is 0 Å². The van der Waals surface area contributed by atoms with Crippen LogP contribution in [0.1, 0.15) is 47.6 Å². The molecule has 5 rings (SSSR count). The van der Waals surface area contributed by atoms with Crippen molar-refractivity contribution in [2.24, 2.45) is 0 Å². The van der Waals surface area contributed by atoms with Gasteiger partial charge >= 0.3 is 18.5 Å². The molecule has 7 nitrogen and oxygen atoms in total. The highest BCUT2D eigenvalue weighted by Gasteiger charge is 2.38. The summed E-state index contributed by atoms with van der Waals surface area (Å²) < 4.78 is 129. The number of hydrogen-bond donors (Lipinski definition) is 0. The van der Waals surface area contributed by atoms with Gasteiger partial charge in [0.15, 0.2) is 0 Å². The van der Waals surface area contributed by atoms with Crippen molar-refractivity contribution >= 4 is 17.5 Å². The van der Waals surface area contributed by atoms with Crippen LogP contribution in [0.3, 0.4) is 0 Å². The van der Waals surface area contributed by atoms with E-state index in [0.717, 1.165) is 18.9 Å². The number of rotatable bonds is 7. The fourth-order valence-electron chi connectivity index (χ4n) is 5.48. The number of halogens is 9. The first-order valence-corrected chi connectivity index (χ1v) is 14.1. The van der Waals surface area contributed by atoms with Gasteiger partial charge < -0.3 is 19.4 Å². The molecule has 4 heterocycles. The number of aromatic nitrogens is 3. The first-order chi connectivity index (χ1) is 21.1. The smallest absolute Gasteiger partial charge is 0.378 e. The monoisotopic (exact) mass is 648 g/mol. The molecule has 0 saturated carbocycles. The number of anilines is 3. The van der Waals surface area contributed by atoms with Crippen LogP contribution < -0.4 is 14.7 Å². The number of alkyl halides is 9. The van der Waals surface area contributed by atoms with Gasteiger partial charge in [-0.05, 0) is 49.6 Å². The number of benzene rings is 1. The zero-order chi connectivity index (χ0) is 32.6. The molecule has 1 atom stereocenters. The predicted octanol–water partition coefficient (Wildman–Crippen LogP) is 6.96. The number of ether oxygens (including phenoxy) is 1. The van der Waals surface area contributed by atoms with Gasteiger partial charge in [0.1, 0.15) is 5.82 Å². The van der Waals surface area contributed by atoms with Gasteiger partial charge in [0, 0.05) is 50.5 Å². The molecule has 0 amide bonds. The average molecular weight is 649 g/mol. The van der Waals surface area contributed by atoms with Gasteiger partial charge in [0.25, 0.3) is 0 Å². The van der Waals surface area contributed by atoms with E-state index < -0.39 is 41.8 Å². The lowest BCUT2D eigenvalue weighted by Crippen LogP contribution is -2.36. The van der Waals surface area contributed by atoms with Crippen LogP contribution in [-0.4, -0.2) is 53.8 Å². The Labute approximate surface area is 252 Å². The summed E-state index contributed by atoms with van der Waals surface area (Å²) in [5.41, 5.74) is -3.77. The summed E-state index contributed by atoms with van der Waals surface area (Å²) in [4.78, 5) is 17.8. The van der Waals surface area contributed by atoms with Gasteiger partial charge in [0.05, 0.1) is 48.0 Å². The van der Waals surface area contributed by atoms with Crippen molar-refractivity contribution in [1.82, 2.24) is 15.0 Å². The summed E-state index contributed by atoms with van der Waals surface area (Å²) in [5.74, 6) is 0.138. The maximum Gasteiger partial charge on any atom is 0.417 e. The van der Waals surface area contributed by atoms with E-state index in [1.165, 1.54) is 17.3 Å². The molecule has 0 aliphatic carbocycles. The average Bonchev–Trinajstić information content (AvgIpc) is 3.41. The second kappa shape index (κ2) is 12.5. The predicted molar refractivity (Wildman–Crippen MR) is 147 cm³/mol. The van der Waals surface area contributed by atoms with Crippen LogP contribution in [0, 0.1) is 0 Å². The van der Waals surface area contributed by atoms with Gasteiger partial charge in [-0.2, -0.15) is 39.5 Å². The van der Waals surface area contributed by atoms with Gasteiger partial charge in [-0.1, -0.05) is 0 Å². The van der Waals surface area contributed by atoms with Crippen LogP contribution in [0.5, 0.6) is 0 Å². The van der Waals surface area contributed by atoms with Crippen molar-refractivity contribution in [2.75, 3.05) is 47.5 Å². The van der Waals surface area contributed by atoms with Crippen LogP contribution in [0.15, 0.2) is 42.9 Å². The summed E-state index contributed by atoms with van der Waals surface area (Å²) in [6, 6.07) is 2.03. The Bertz CT molecular complexity index is 1440. The molecular formula is C29H29F9N6O. The third-order valence-corrected chi connectivity index (χ3v) is 7.76. The van der Waals surface area contributed by atoms with Gasteiger partial charge in [0.2, 0.25) is 5.95 Å². The van der Waals surface area contributed by atoms with Gasteiger partial charge in [-0.15, -0.1) is 0 Å². The first kappa shape index (κ1) is 32.6. The maximum absolute atomic E-state index is 13.8. The molecular weight excluding hydrogens is 619 g/mol. The number of morpholine rings is 1. The highest BCUT2D eigenvalue weighted by Crippen LogP contribution is 2.38. The lowest BCUT2D eigenvalue weighted by Gasteiger charge is -2.30. The van der Waals surface area contributed by atoms with E-state index in [0.29, 0.717) is 56.9 Å². The molecule has 0 radical (unpaired) electrons. The normalized spacial score (nSPS) is 18.0. The molecule has 1 aromatic carbocycles. The Balaban J connectivity index is 1.59. The summed E-state index contributed by atoms with van der Waals surface area (Å²) in [6.45, 7) is 3.46. The minimum absolute atomic E-state index is 0.0189. The van der Waals surface area contributed by atoms with E-state index in [4.69, 9.17) is 4.74 Å². The molecule has 16 heteroatoms. The molecule has 2 fully saturated rings. The summed E-state index contributed by atoms with van der Waals surface area (Å²) >= 11 is 0. The van der Waals surface area contributed by atoms with E-state index in [2.05, 4.69) is 15.0 Å². The maximum atomic E-state index is 13.8. The second-order valence-corrected chi connectivity index (χ2v) is 11.0. The van der Waals surface area contributed by atoms with Crippen LogP contribution in [0.25, 0.3) is 0 Å². The molecule has 0 N–H and O–H groups in total.